The van der Waals surface area contributed by atoms with Crippen molar-refractivity contribution in [2.45, 2.75) is 6.54 Å². The van der Waals surface area contributed by atoms with Crippen molar-refractivity contribution in [2.75, 3.05) is 7.11 Å². The van der Waals surface area contributed by atoms with Gasteiger partial charge in [0, 0.05) is 4.47 Å². The average Bonchev–Trinajstić information content (AvgIpc) is 2.88. The van der Waals surface area contributed by atoms with Crippen LogP contribution in [0.4, 0.5) is 0 Å². The third-order valence-corrected chi connectivity index (χ3v) is 2.70. The molecule has 1 heterocycles. The molecule has 0 fully saturated rings. The zero-order chi connectivity index (χ0) is 13.0. The molecule has 18 heavy (non-hydrogen) atoms. The number of carbonyl (C=O) groups excluding carboxylic acids is 1. The number of hydrogen-bond donors (Lipinski definition) is 2. The molecule has 0 bridgehead atoms. The van der Waals surface area contributed by atoms with E-state index in [0.29, 0.717) is 17.1 Å². The average molecular weight is 312 g/mol. The number of aromatic amines is 1. The predicted molar refractivity (Wildman–Crippen MR) is 66.0 cm³/mol. The van der Waals surface area contributed by atoms with E-state index in [4.69, 9.17) is 4.74 Å². The zero-order valence-corrected chi connectivity index (χ0v) is 11.1. The van der Waals surface area contributed by atoms with Gasteiger partial charge < -0.3 is 10.1 Å². The van der Waals surface area contributed by atoms with Crippen LogP contribution in [-0.2, 0) is 6.54 Å². The Balaban J connectivity index is 2.09. The van der Waals surface area contributed by atoms with Gasteiger partial charge in [0.05, 0.1) is 19.2 Å². The van der Waals surface area contributed by atoms with Crippen molar-refractivity contribution >= 4 is 21.8 Å². The highest BCUT2D eigenvalue weighted by atomic mass is 79.9. The van der Waals surface area contributed by atoms with E-state index in [9.17, 15) is 4.79 Å². The molecule has 1 aromatic carbocycles. The number of ether oxygens (including phenoxy) is 1. The summed E-state index contributed by atoms with van der Waals surface area (Å²) in [5.74, 6) is 0.651. The summed E-state index contributed by atoms with van der Waals surface area (Å²) in [6.07, 6.45) is 0. The number of H-pyrrole nitrogens is 1. The molecular formula is C10H10BrN5O2. The molecular weight excluding hydrogens is 302 g/mol. The minimum Gasteiger partial charge on any atom is -0.496 e. The number of halogens is 1. The van der Waals surface area contributed by atoms with Gasteiger partial charge in [-0.15, -0.1) is 10.2 Å². The summed E-state index contributed by atoms with van der Waals surface area (Å²) in [6.45, 7) is 0.203. The first-order valence-electron chi connectivity index (χ1n) is 5.05. The molecule has 7 nitrogen and oxygen atoms in total. The normalized spacial score (nSPS) is 10.1. The topological polar surface area (TPSA) is 92.8 Å². The molecule has 0 radical (unpaired) electrons. The van der Waals surface area contributed by atoms with E-state index in [2.05, 4.69) is 41.9 Å². The van der Waals surface area contributed by atoms with Crippen molar-refractivity contribution in [1.82, 2.24) is 25.9 Å². The van der Waals surface area contributed by atoms with Gasteiger partial charge in [-0.2, -0.15) is 5.21 Å². The molecule has 8 heteroatoms. The number of carbonyl (C=O) groups is 1. The van der Waals surface area contributed by atoms with Crippen LogP contribution in [0.15, 0.2) is 22.7 Å². The van der Waals surface area contributed by atoms with Crippen molar-refractivity contribution in [1.29, 1.82) is 0 Å². The first kappa shape index (κ1) is 12.5. The number of methoxy groups -OCH3 is 1. The second kappa shape index (κ2) is 5.58. The van der Waals surface area contributed by atoms with E-state index < -0.39 is 0 Å². The molecule has 0 aliphatic heterocycles. The van der Waals surface area contributed by atoms with Gasteiger partial charge in [0.2, 0.25) is 0 Å². The van der Waals surface area contributed by atoms with Crippen molar-refractivity contribution in [2.24, 2.45) is 0 Å². The Labute approximate surface area is 111 Å². The predicted octanol–water partition coefficient (Wildman–Crippen LogP) is 0.901. The summed E-state index contributed by atoms with van der Waals surface area (Å²) in [6, 6.07) is 5.17. The van der Waals surface area contributed by atoms with E-state index in [-0.39, 0.29) is 12.5 Å². The van der Waals surface area contributed by atoms with Gasteiger partial charge in [0.25, 0.3) is 5.91 Å². The standard InChI is InChI=1S/C10H10BrN5O2/c1-18-8-4-6(11)2-3-7(8)10(17)12-5-9-13-15-16-14-9/h2-4H,5H2,1H3,(H,12,17)(H,13,14,15,16). The summed E-state index contributed by atoms with van der Waals surface area (Å²) >= 11 is 3.31. The number of aromatic nitrogens is 4. The Morgan fingerprint density at radius 1 is 1.56 bits per heavy atom. The second-order valence-corrected chi connectivity index (χ2v) is 4.27. The lowest BCUT2D eigenvalue weighted by Crippen LogP contribution is -2.24. The molecule has 2 rings (SSSR count). The summed E-state index contributed by atoms with van der Waals surface area (Å²) in [5.41, 5.74) is 0.448. The Hall–Kier alpha value is -1.96. The van der Waals surface area contributed by atoms with E-state index in [1.165, 1.54) is 7.11 Å². The number of hydrogen-bond acceptors (Lipinski definition) is 5. The highest BCUT2D eigenvalue weighted by molar-refractivity contribution is 9.10. The molecule has 1 aromatic heterocycles. The summed E-state index contributed by atoms with van der Waals surface area (Å²) in [4.78, 5) is 11.9. The van der Waals surface area contributed by atoms with Crippen LogP contribution < -0.4 is 10.1 Å². The first-order valence-corrected chi connectivity index (χ1v) is 5.84. The van der Waals surface area contributed by atoms with Crippen LogP contribution in [0.3, 0.4) is 0 Å². The fourth-order valence-corrected chi connectivity index (χ4v) is 1.70. The Kier molecular flexibility index (Phi) is 3.88. The maximum atomic E-state index is 11.9. The van der Waals surface area contributed by atoms with Crippen LogP contribution in [0.5, 0.6) is 5.75 Å². The van der Waals surface area contributed by atoms with Gasteiger partial charge in [-0.1, -0.05) is 21.1 Å². The second-order valence-electron chi connectivity index (χ2n) is 3.36. The van der Waals surface area contributed by atoms with Gasteiger partial charge in [0.15, 0.2) is 5.82 Å². The first-order chi connectivity index (χ1) is 8.70. The van der Waals surface area contributed by atoms with Gasteiger partial charge in [-0.05, 0) is 18.2 Å². The summed E-state index contributed by atoms with van der Waals surface area (Å²) in [5, 5.41) is 15.9. The SMILES string of the molecule is COc1cc(Br)ccc1C(=O)NCc1nn[nH]n1. The molecule has 0 atom stereocenters. The van der Waals surface area contributed by atoms with Gasteiger partial charge in [-0.3, -0.25) is 4.79 Å². The lowest BCUT2D eigenvalue weighted by molar-refractivity contribution is 0.0947. The molecule has 0 spiro atoms. The van der Waals surface area contributed by atoms with Crippen LogP contribution in [-0.4, -0.2) is 33.6 Å². The van der Waals surface area contributed by atoms with E-state index in [1.807, 2.05) is 0 Å². The molecule has 0 aliphatic rings. The molecule has 94 valence electrons. The van der Waals surface area contributed by atoms with Crippen molar-refractivity contribution in [3.05, 3.63) is 34.1 Å². The van der Waals surface area contributed by atoms with Gasteiger partial charge in [-0.25, -0.2) is 0 Å². The molecule has 0 saturated carbocycles. The third-order valence-electron chi connectivity index (χ3n) is 2.20. The van der Waals surface area contributed by atoms with Crippen molar-refractivity contribution < 1.29 is 9.53 Å². The molecule has 1 amide bonds. The van der Waals surface area contributed by atoms with E-state index in [0.717, 1.165) is 4.47 Å². The summed E-state index contributed by atoms with van der Waals surface area (Å²) in [7, 11) is 1.51. The number of nitrogens with zero attached hydrogens (tertiary/aromatic N) is 3. The molecule has 0 unspecified atom stereocenters. The number of tetrazole rings is 1. The van der Waals surface area contributed by atoms with Gasteiger partial charge >= 0.3 is 0 Å². The number of rotatable bonds is 4. The molecule has 0 saturated heterocycles. The third kappa shape index (κ3) is 2.83. The lowest BCUT2D eigenvalue weighted by Gasteiger charge is -2.08. The highest BCUT2D eigenvalue weighted by Crippen LogP contribution is 2.23. The van der Waals surface area contributed by atoms with Crippen LogP contribution in [0.25, 0.3) is 0 Å². The number of amides is 1. The van der Waals surface area contributed by atoms with E-state index in [1.54, 1.807) is 18.2 Å². The summed E-state index contributed by atoms with van der Waals surface area (Å²) < 4.78 is 5.99. The van der Waals surface area contributed by atoms with E-state index >= 15 is 0 Å². The minimum absolute atomic E-state index is 0.203. The molecule has 2 N–H and O–H groups in total. The number of benzene rings is 1. The smallest absolute Gasteiger partial charge is 0.255 e. The fraction of sp³-hybridized carbons (Fsp3) is 0.200. The quantitative estimate of drug-likeness (QED) is 0.875. The Bertz CT molecular complexity index is 543. The van der Waals surface area contributed by atoms with Gasteiger partial charge in [0.1, 0.15) is 5.75 Å². The fourth-order valence-electron chi connectivity index (χ4n) is 1.36. The molecule has 2 aromatic rings. The molecule has 0 aliphatic carbocycles. The Morgan fingerprint density at radius 2 is 2.39 bits per heavy atom. The minimum atomic E-state index is -0.260. The van der Waals surface area contributed by atoms with Crippen LogP contribution >= 0.6 is 15.9 Å². The van der Waals surface area contributed by atoms with Crippen LogP contribution in [0.1, 0.15) is 16.2 Å². The maximum absolute atomic E-state index is 11.9. The van der Waals surface area contributed by atoms with Crippen LogP contribution in [0, 0.1) is 0 Å². The highest BCUT2D eigenvalue weighted by Gasteiger charge is 2.12. The van der Waals surface area contributed by atoms with Crippen molar-refractivity contribution in [3.63, 3.8) is 0 Å². The number of nitrogens with one attached hydrogen (secondary N) is 2. The largest absolute Gasteiger partial charge is 0.496 e. The Morgan fingerprint density at radius 3 is 3.06 bits per heavy atom. The van der Waals surface area contributed by atoms with Crippen LogP contribution in [0.2, 0.25) is 0 Å². The monoisotopic (exact) mass is 311 g/mol. The lowest BCUT2D eigenvalue weighted by atomic mass is 10.2. The maximum Gasteiger partial charge on any atom is 0.255 e. The zero-order valence-electron chi connectivity index (χ0n) is 9.48. The van der Waals surface area contributed by atoms with Crippen molar-refractivity contribution in [3.8, 4) is 5.75 Å².